The summed E-state index contributed by atoms with van der Waals surface area (Å²) in [6.07, 6.45) is -1.17. The number of thiophene rings is 1. The Hall–Kier alpha value is -2.56. The summed E-state index contributed by atoms with van der Waals surface area (Å²) in [5, 5.41) is 3.90. The average molecular weight is 401 g/mol. The number of rotatable bonds is 4. The van der Waals surface area contributed by atoms with Gasteiger partial charge < -0.3 is 5.73 Å². The van der Waals surface area contributed by atoms with Crippen molar-refractivity contribution < 1.29 is 22.0 Å². The highest BCUT2D eigenvalue weighted by molar-refractivity contribution is 7.15. The van der Waals surface area contributed by atoms with E-state index in [9.17, 15) is 22.0 Å². The lowest BCUT2D eigenvalue weighted by molar-refractivity contribution is -0.134. The number of nitrogen functional groups attached to an aromatic ring is 1. The van der Waals surface area contributed by atoms with Gasteiger partial charge in [0.05, 0.1) is 5.56 Å². The van der Waals surface area contributed by atoms with Gasteiger partial charge in [-0.15, -0.1) is 11.3 Å². The van der Waals surface area contributed by atoms with Gasteiger partial charge in [0.25, 0.3) is 11.9 Å². The second-order valence-corrected chi connectivity index (χ2v) is 7.21. The molecule has 5 nitrogen and oxygen atoms in total. The van der Waals surface area contributed by atoms with Gasteiger partial charge in [-0.3, -0.25) is 0 Å². The molecule has 0 spiro atoms. The van der Waals surface area contributed by atoms with E-state index in [-0.39, 0.29) is 22.2 Å². The molecule has 0 bridgehead atoms. The van der Waals surface area contributed by atoms with E-state index in [2.05, 4.69) is 15.1 Å². The number of anilines is 1. The zero-order valence-electron chi connectivity index (χ0n) is 13.5. The van der Waals surface area contributed by atoms with Crippen molar-refractivity contribution >= 4 is 17.2 Å². The van der Waals surface area contributed by atoms with Gasteiger partial charge in [0, 0.05) is 23.2 Å². The van der Waals surface area contributed by atoms with Gasteiger partial charge in [0.2, 0.25) is 0 Å². The van der Waals surface area contributed by atoms with Crippen LogP contribution in [0.3, 0.4) is 0 Å². The molecule has 0 amide bonds. The molecule has 0 aliphatic heterocycles. The SMILES string of the molecule is Nc1c(-c2ccc(C(F)(F)F)s2)c(C(F)(F)C2CC2)nn1-c1ncccn1. The van der Waals surface area contributed by atoms with E-state index in [1.54, 1.807) is 0 Å². The van der Waals surface area contributed by atoms with Gasteiger partial charge in [0.1, 0.15) is 16.4 Å². The molecule has 27 heavy (non-hydrogen) atoms. The summed E-state index contributed by atoms with van der Waals surface area (Å²) in [7, 11) is 0. The largest absolute Gasteiger partial charge is 0.425 e. The molecule has 4 rings (SSSR count). The molecule has 1 aliphatic rings. The second kappa shape index (κ2) is 5.98. The quantitative estimate of drug-likeness (QED) is 0.654. The number of nitrogens with zero attached hydrogens (tertiary/aromatic N) is 4. The summed E-state index contributed by atoms with van der Waals surface area (Å²) < 4.78 is 69.5. The lowest BCUT2D eigenvalue weighted by atomic mass is 10.1. The summed E-state index contributed by atoms with van der Waals surface area (Å²) in [6.45, 7) is 0. The van der Waals surface area contributed by atoms with Crippen molar-refractivity contribution in [2.24, 2.45) is 5.92 Å². The topological polar surface area (TPSA) is 69.6 Å². The number of alkyl halides is 5. The van der Waals surface area contributed by atoms with Crippen LogP contribution < -0.4 is 5.73 Å². The fourth-order valence-electron chi connectivity index (χ4n) is 2.72. The van der Waals surface area contributed by atoms with Crippen molar-refractivity contribution in [3.8, 4) is 16.4 Å². The molecule has 1 saturated carbocycles. The van der Waals surface area contributed by atoms with Gasteiger partial charge in [0.15, 0.2) is 0 Å². The zero-order valence-corrected chi connectivity index (χ0v) is 14.4. The Bertz CT molecular complexity index is 975. The normalized spacial score (nSPS) is 15.3. The molecule has 2 N–H and O–H groups in total. The molecular weight excluding hydrogens is 389 g/mol. The maximum atomic E-state index is 14.8. The van der Waals surface area contributed by atoms with Gasteiger partial charge >= 0.3 is 6.18 Å². The van der Waals surface area contributed by atoms with E-state index in [1.165, 1.54) is 18.5 Å². The maximum absolute atomic E-state index is 14.8. The van der Waals surface area contributed by atoms with E-state index >= 15 is 0 Å². The van der Waals surface area contributed by atoms with Crippen LogP contribution in [0.1, 0.15) is 23.4 Å². The van der Waals surface area contributed by atoms with E-state index in [0.717, 1.165) is 16.8 Å². The summed E-state index contributed by atoms with van der Waals surface area (Å²) in [6, 6.07) is 3.50. The summed E-state index contributed by atoms with van der Waals surface area (Å²) in [5.41, 5.74) is 5.16. The van der Waals surface area contributed by atoms with Crippen LogP contribution in [0.2, 0.25) is 0 Å². The van der Waals surface area contributed by atoms with Crippen LogP contribution in [0.5, 0.6) is 0 Å². The first-order valence-electron chi connectivity index (χ1n) is 7.91. The standard InChI is InChI=1S/C16H12F5N5S/c17-15(18,8-2-3-8)12-11(9-4-5-10(27-9)16(19,20)21)13(22)26(25-12)14-23-6-1-7-24-14/h1,4-8H,2-3,22H2. The minimum atomic E-state index is -4.57. The number of aromatic nitrogens is 4. The molecule has 0 radical (unpaired) electrons. The first-order chi connectivity index (χ1) is 12.7. The zero-order chi connectivity index (χ0) is 19.4. The number of hydrogen-bond acceptors (Lipinski definition) is 5. The number of hydrogen-bond donors (Lipinski definition) is 1. The lowest BCUT2D eigenvalue weighted by Crippen LogP contribution is -2.18. The van der Waals surface area contributed by atoms with E-state index < -0.39 is 28.6 Å². The van der Waals surface area contributed by atoms with Crippen LogP contribution in [0.15, 0.2) is 30.6 Å². The van der Waals surface area contributed by atoms with Crippen LogP contribution in [0.25, 0.3) is 16.4 Å². The third kappa shape index (κ3) is 3.05. The van der Waals surface area contributed by atoms with Crippen LogP contribution in [0, 0.1) is 5.92 Å². The highest BCUT2D eigenvalue weighted by Crippen LogP contribution is 2.53. The molecule has 3 aromatic heterocycles. The Kier molecular flexibility index (Phi) is 3.95. The first kappa shape index (κ1) is 17.8. The highest BCUT2D eigenvalue weighted by Gasteiger charge is 2.52. The third-order valence-corrected chi connectivity index (χ3v) is 5.35. The van der Waals surface area contributed by atoms with Crippen LogP contribution >= 0.6 is 11.3 Å². The highest BCUT2D eigenvalue weighted by atomic mass is 32.1. The van der Waals surface area contributed by atoms with E-state index in [0.29, 0.717) is 24.2 Å². The summed E-state index contributed by atoms with van der Waals surface area (Å²) in [4.78, 5) is 6.93. The molecule has 1 fully saturated rings. The molecule has 0 unspecified atom stereocenters. The van der Waals surface area contributed by atoms with Gasteiger partial charge in [-0.2, -0.15) is 31.7 Å². The Morgan fingerprint density at radius 1 is 1.07 bits per heavy atom. The van der Waals surface area contributed by atoms with Crippen LogP contribution in [-0.4, -0.2) is 19.7 Å². The fraction of sp³-hybridized carbons (Fsp3) is 0.312. The molecule has 1 aliphatic carbocycles. The lowest BCUT2D eigenvalue weighted by Gasteiger charge is -2.14. The molecule has 142 valence electrons. The van der Waals surface area contributed by atoms with E-state index in [1.807, 2.05) is 0 Å². The van der Waals surface area contributed by atoms with Crippen molar-refractivity contribution in [3.63, 3.8) is 0 Å². The minimum absolute atomic E-state index is 0.0302. The number of nitrogens with two attached hydrogens (primary N) is 1. The van der Waals surface area contributed by atoms with Crippen molar-refractivity contribution in [3.05, 3.63) is 41.2 Å². The third-order valence-electron chi connectivity index (χ3n) is 4.20. The summed E-state index contributed by atoms with van der Waals surface area (Å²) in [5.74, 6) is -4.49. The van der Waals surface area contributed by atoms with Crippen LogP contribution in [-0.2, 0) is 12.1 Å². The predicted molar refractivity (Wildman–Crippen MR) is 88.5 cm³/mol. The smallest absolute Gasteiger partial charge is 0.383 e. The van der Waals surface area contributed by atoms with Crippen LogP contribution in [0.4, 0.5) is 27.8 Å². The molecule has 3 heterocycles. The molecule has 0 aromatic carbocycles. The summed E-state index contributed by atoms with van der Waals surface area (Å²) >= 11 is 0.346. The Balaban J connectivity index is 1.91. The monoisotopic (exact) mass is 401 g/mol. The average Bonchev–Trinajstić information content (AvgIpc) is 3.26. The molecule has 11 heteroatoms. The molecule has 3 aromatic rings. The van der Waals surface area contributed by atoms with Gasteiger partial charge in [-0.25, -0.2) is 9.97 Å². The minimum Gasteiger partial charge on any atom is -0.383 e. The molecule has 0 atom stereocenters. The predicted octanol–water partition coefficient (Wildman–Crippen LogP) is 4.49. The van der Waals surface area contributed by atoms with Crippen molar-refractivity contribution in [1.82, 2.24) is 19.7 Å². The number of halogens is 5. The van der Waals surface area contributed by atoms with Crippen molar-refractivity contribution in [2.45, 2.75) is 24.9 Å². The fourth-order valence-corrected chi connectivity index (χ4v) is 3.65. The second-order valence-electron chi connectivity index (χ2n) is 6.13. The Morgan fingerprint density at radius 2 is 1.74 bits per heavy atom. The maximum Gasteiger partial charge on any atom is 0.425 e. The first-order valence-corrected chi connectivity index (χ1v) is 8.73. The van der Waals surface area contributed by atoms with E-state index in [4.69, 9.17) is 5.73 Å². The Labute approximate surface area is 153 Å². The molecular formula is C16H12F5N5S. The van der Waals surface area contributed by atoms with Gasteiger partial charge in [-0.05, 0) is 31.0 Å². The van der Waals surface area contributed by atoms with Gasteiger partial charge in [-0.1, -0.05) is 0 Å². The Morgan fingerprint density at radius 3 is 2.30 bits per heavy atom. The van der Waals surface area contributed by atoms with Crippen molar-refractivity contribution in [1.29, 1.82) is 0 Å². The van der Waals surface area contributed by atoms with Crippen molar-refractivity contribution in [2.75, 3.05) is 5.73 Å². The molecule has 0 saturated heterocycles.